The van der Waals surface area contributed by atoms with Gasteiger partial charge in [-0.05, 0) is 98.2 Å². The van der Waals surface area contributed by atoms with Gasteiger partial charge in [0.1, 0.15) is 77.4 Å². The fourth-order valence-corrected chi connectivity index (χ4v) is 13.0. The first kappa shape index (κ1) is 47.5. The lowest BCUT2D eigenvalue weighted by Crippen LogP contribution is -3.05. The minimum atomic E-state index is -2.44. The zero-order valence-corrected chi connectivity index (χ0v) is 39.7. The number of hydrogen-bond acceptors (Lipinski definition) is 14. The highest BCUT2D eigenvalue weighted by Crippen LogP contribution is 2.57. The summed E-state index contributed by atoms with van der Waals surface area (Å²) in [6, 6.07) is 10.3. The highest BCUT2D eigenvalue weighted by Gasteiger charge is 2.60. The third kappa shape index (κ3) is 7.89. The van der Waals surface area contributed by atoms with Gasteiger partial charge in [0.05, 0.1) is 17.4 Å². The van der Waals surface area contributed by atoms with Crippen LogP contribution < -0.4 is 20.4 Å². The van der Waals surface area contributed by atoms with Crippen LogP contribution in [0.1, 0.15) is 75.2 Å². The van der Waals surface area contributed by atoms with E-state index in [1.54, 1.807) is 19.2 Å². The van der Waals surface area contributed by atoms with Crippen molar-refractivity contribution in [3.8, 4) is 29.1 Å². The normalized spacial score (nSPS) is 30.4. The zero-order chi connectivity index (χ0) is 49.6. The number of carbonyl (C=O) groups is 1. The van der Waals surface area contributed by atoms with Gasteiger partial charge in [-0.3, -0.25) is 19.5 Å². The SMILES string of the molecule is CCC1C2=CC=NC2=C[NH+]1c1c2c(cc3c(=O)cc(C)oc13)C[C@@H](OOC[C@@](O)(Cc1ccc(O)c3ccc(O)cc13)[C@@H](O)[C@H](O)[C@H](O)CO)[C@]1(CC=C3C#CCC4CCC5(CC4)C(=O)NC[C@H]5[C@@H]3C1)O2. The van der Waals surface area contributed by atoms with Crippen molar-refractivity contribution >= 4 is 39.6 Å². The van der Waals surface area contributed by atoms with Crippen molar-refractivity contribution in [2.75, 3.05) is 19.8 Å². The summed E-state index contributed by atoms with van der Waals surface area (Å²) < 4.78 is 14.1. The van der Waals surface area contributed by atoms with Gasteiger partial charge in [-0.2, -0.15) is 0 Å². The molecule has 3 aromatic carbocycles. The van der Waals surface area contributed by atoms with Gasteiger partial charge in [0.2, 0.25) is 17.2 Å². The number of nitrogens with one attached hydrogen (secondary N) is 2. The van der Waals surface area contributed by atoms with Crippen molar-refractivity contribution in [3.63, 3.8) is 0 Å². The monoisotopic (exact) mass is 970 g/mol. The molecule has 1 aromatic heterocycles. The summed E-state index contributed by atoms with van der Waals surface area (Å²) in [6.45, 7) is 2.60. The molecular formula is C55H60N3O13+. The van der Waals surface area contributed by atoms with Crippen molar-refractivity contribution in [2.45, 2.75) is 120 Å². The van der Waals surface area contributed by atoms with Crippen LogP contribution in [-0.4, -0.2) is 109 Å². The van der Waals surface area contributed by atoms with Crippen LogP contribution in [0.2, 0.25) is 0 Å². The average Bonchev–Trinajstić information content (AvgIpc) is 4.05. The number of quaternary nitrogens is 1. The molecule has 10 atom stereocenters. The molecule has 16 heteroatoms. The molecule has 8 aliphatic rings. The molecular weight excluding hydrogens is 911 g/mol. The highest BCUT2D eigenvalue weighted by molar-refractivity contribution is 5.92. The van der Waals surface area contributed by atoms with Crippen LogP contribution in [0.5, 0.6) is 17.2 Å². The Bertz CT molecular complexity index is 3080. The van der Waals surface area contributed by atoms with Crippen LogP contribution in [0.15, 0.2) is 91.9 Å². The number of aliphatic hydroxyl groups is 5. The first-order valence-corrected chi connectivity index (χ1v) is 24.8. The lowest BCUT2D eigenvalue weighted by atomic mass is 9.57. The maximum absolute atomic E-state index is 14.1. The number of aryl methyl sites for hydroxylation is 1. The van der Waals surface area contributed by atoms with E-state index in [2.05, 4.69) is 35.1 Å². The molecule has 12 rings (SSSR count). The molecule has 2 spiro atoms. The number of hydrogen-bond donors (Lipinski definition) is 9. The maximum atomic E-state index is 14.1. The van der Waals surface area contributed by atoms with Crippen LogP contribution >= 0.6 is 0 Å². The lowest BCUT2D eigenvalue weighted by molar-refractivity contribution is -0.793. The van der Waals surface area contributed by atoms with E-state index in [9.17, 15) is 45.3 Å². The number of rotatable bonds is 12. The van der Waals surface area contributed by atoms with Gasteiger partial charge >= 0.3 is 0 Å². The zero-order valence-electron chi connectivity index (χ0n) is 39.7. The van der Waals surface area contributed by atoms with Gasteiger partial charge in [0.25, 0.3) is 0 Å². The Kier molecular flexibility index (Phi) is 12.0. The number of benzene rings is 3. The van der Waals surface area contributed by atoms with Crippen LogP contribution in [0.4, 0.5) is 5.69 Å². The van der Waals surface area contributed by atoms with Crippen molar-refractivity contribution < 1.29 is 64.4 Å². The molecule has 2 bridgehead atoms. The van der Waals surface area contributed by atoms with E-state index in [4.69, 9.17) is 18.9 Å². The molecule has 372 valence electrons. The molecule has 1 saturated carbocycles. The maximum Gasteiger partial charge on any atom is 0.226 e. The molecule has 5 heterocycles. The van der Waals surface area contributed by atoms with E-state index in [-0.39, 0.29) is 47.1 Å². The summed E-state index contributed by atoms with van der Waals surface area (Å²) in [7, 11) is 0. The minimum absolute atomic E-state index is 0.0698. The Morgan fingerprint density at radius 3 is 2.66 bits per heavy atom. The van der Waals surface area contributed by atoms with Gasteiger partial charge < -0.3 is 50.2 Å². The number of carbonyl (C=O) groups excluding carboxylic acids is 1. The summed E-state index contributed by atoms with van der Waals surface area (Å²) in [6.07, 6.45) is 6.09. The number of nitrogens with zero attached hydrogens (tertiary/aromatic N) is 1. The molecule has 4 aliphatic carbocycles. The summed E-state index contributed by atoms with van der Waals surface area (Å²) in [4.78, 5) is 46.3. The van der Waals surface area contributed by atoms with E-state index in [1.807, 2.05) is 12.3 Å². The topological polar surface area (TPSA) is 245 Å². The van der Waals surface area contributed by atoms with Gasteiger partial charge in [-0.1, -0.05) is 30.9 Å². The van der Waals surface area contributed by atoms with E-state index in [0.717, 1.165) is 60.3 Å². The van der Waals surface area contributed by atoms with Crippen LogP contribution in [0, 0.1) is 41.9 Å². The predicted octanol–water partition coefficient (Wildman–Crippen LogP) is 3.53. The molecule has 4 aromatic rings. The number of aromatic hydroxyl groups is 2. The molecule has 16 nitrogen and oxygen atoms in total. The van der Waals surface area contributed by atoms with Gasteiger partial charge in [-0.15, -0.1) is 0 Å². The van der Waals surface area contributed by atoms with Crippen molar-refractivity contribution in [1.82, 2.24) is 5.32 Å². The molecule has 9 N–H and O–H groups in total. The predicted molar refractivity (Wildman–Crippen MR) is 260 cm³/mol. The Hall–Kier alpha value is -5.87. The number of ether oxygens (including phenoxy) is 1. The number of aliphatic hydroxyl groups excluding tert-OH is 4. The van der Waals surface area contributed by atoms with Gasteiger partial charge in [-0.25, -0.2) is 9.78 Å². The quantitative estimate of drug-likeness (QED) is 0.0562. The number of aliphatic imine (C=N–C) groups is 1. The fourth-order valence-electron chi connectivity index (χ4n) is 13.0. The smallest absolute Gasteiger partial charge is 0.226 e. The molecule has 71 heavy (non-hydrogen) atoms. The van der Waals surface area contributed by atoms with E-state index >= 15 is 0 Å². The van der Waals surface area contributed by atoms with E-state index < -0.39 is 60.7 Å². The Balaban J connectivity index is 1.03. The Morgan fingerprint density at radius 1 is 1.06 bits per heavy atom. The number of phenols is 2. The number of fused-ring (bicyclic) bond motifs is 7. The fraction of sp³-hybridized carbons (Fsp3) is 0.473. The summed E-state index contributed by atoms with van der Waals surface area (Å²) in [5.41, 5.74) is 0.374. The second kappa shape index (κ2) is 18.0. The molecule has 2 fully saturated rings. The summed E-state index contributed by atoms with van der Waals surface area (Å²) in [5.74, 6) is 7.90. The lowest BCUT2D eigenvalue weighted by Gasteiger charge is -2.50. The molecule has 4 aliphatic heterocycles. The third-order valence-electron chi connectivity index (χ3n) is 16.9. The van der Waals surface area contributed by atoms with Crippen LogP contribution in [-0.2, 0) is 27.4 Å². The standard InChI is InChI=1S/C55H59N3O13/c1-3-42-36-14-18-56-41(36)26-58(42)47-49-33(20-38-44(62)19-29(2)69-50(38)47)21-46(55(70-49)17-13-31-6-4-5-30-11-15-53(16-12-30)40(39(31)24-55)25-57-52(53)66)71-68-28-54(67,51(65)48(64)45(63)27-59)23-32-7-10-43(61)35-9-8-34(60)22-37(32)35/h7-10,13-14,18-20,22,26,30,39-40,42,45-46,48,51,59-61,63-65,67H,3,5,11-12,15-17,21,23-25,27-28H2,1-2H3,(H,57,66)/p+1/t30?,39-,40+,42?,45-,46-,48-,51+,53?,54+,55-/m1/s1. The molecule has 1 saturated heterocycles. The first-order valence-electron chi connectivity index (χ1n) is 24.8. The van der Waals surface area contributed by atoms with Crippen LogP contribution in [0.3, 0.4) is 0 Å². The molecule has 0 radical (unpaired) electrons. The second-order valence-electron chi connectivity index (χ2n) is 20.9. The Labute approximate surface area is 409 Å². The minimum Gasteiger partial charge on any atom is -0.508 e. The highest BCUT2D eigenvalue weighted by atomic mass is 17.2. The van der Waals surface area contributed by atoms with E-state index in [0.29, 0.717) is 75.4 Å². The van der Waals surface area contributed by atoms with Crippen molar-refractivity contribution in [1.29, 1.82) is 0 Å². The number of phenolic OH excluding ortho intramolecular Hbond substituents is 2. The van der Waals surface area contributed by atoms with Crippen molar-refractivity contribution in [3.05, 3.63) is 105 Å². The van der Waals surface area contributed by atoms with E-state index in [1.165, 1.54) is 36.4 Å². The summed E-state index contributed by atoms with van der Waals surface area (Å²) in [5, 5.41) is 81.1. The average molecular weight is 971 g/mol. The van der Waals surface area contributed by atoms with Crippen LogP contribution in [0.25, 0.3) is 21.7 Å². The van der Waals surface area contributed by atoms with Gasteiger partial charge in [0, 0.05) is 78.9 Å². The van der Waals surface area contributed by atoms with Crippen molar-refractivity contribution in [2.24, 2.45) is 28.2 Å². The summed E-state index contributed by atoms with van der Waals surface area (Å²) >= 11 is 0. The number of allylic oxidation sites excluding steroid dienone is 2. The van der Waals surface area contributed by atoms with Gasteiger partial charge in [0.15, 0.2) is 11.2 Å². The first-order chi connectivity index (χ1) is 34.2. The largest absolute Gasteiger partial charge is 0.508 e. The second-order valence-corrected chi connectivity index (χ2v) is 20.9. The molecule has 1 amide bonds. The Morgan fingerprint density at radius 2 is 1.87 bits per heavy atom. The number of amides is 1. The third-order valence-corrected chi connectivity index (χ3v) is 16.9. The molecule has 2 unspecified atom stereocenters.